The van der Waals surface area contributed by atoms with Crippen molar-refractivity contribution in [1.29, 1.82) is 0 Å². The van der Waals surface area contributed by atoms with E-state index in [9.17, 15) is 5.11 Å². The predicted octanol–water partition coefficient (Wildman–Crippen LogP) is 0.654. The SMILES string of the molecule is Cc1cccc(CO)c1C(C)(N)CO. The Kier molecular flexibility index (Phi) is 3.26. The number of rotatable bonds is 3. The van der Waals surface area contributed by atoms with E-state index in [1.165, 1.54) is 0 Å². The van der Waals surface area contributed by atoms with Crippen molar-refractivity contribution < 1.29 is 10.2 Å². The molecule has 0 radical (unpaired) electrons. The van der Waals surface area contributed by atoms with Crippen LogP contribution in [0.15, 0.2) is 18.2 Å². The summed E-state index contributed by atoms with van der Waals surface area (Å²) < 4.78 is 0. The average Bonchev–Trinajstić information content (AvgIpc) is 2.17. The molecule has 78 valence electrons. The van der Waals surface area contributed by atoms with Gasteiger partial charge in [0.25, 0.3) is 0 Å². The maximum atomic E-state index is 9.19. The summed E-state index contributed by atoms with van der Waals surface area (Å²) in [5.41, 5.74) is 7.78. The topological polar surface area (TPSA) is 66.5 Å². The highest BCUT2D eigenvalue weighted by Gasteiger charge is 2.24. The molecule has 0 aromatic heterocycles. The summed E-state index contributed by atoms with van der Waals surface area (Å²) in [6.07, 6.45) is 0. The van der Waals surface area contributed by atoms with Crippen LogP contribution in [-0.4, -0.2) is 16.8 Å². The molecule has 3 heteroatoms. The van der Waals surface area contributed by atoms with Crippen molar-refractivity contribution in [3.63, 3.8) is 0 Å². The fourth-order valence-corrected chi connectivity index (χ4v) is 1.76. The lowest BCUT2D eigenvalue weighted by molar-refractivity contribution is 0.205. The molecule has 0 aliphatic carbocycles. The molecule has 3 nitrogen and oxygen atoms in total. The Hall–Kier alpha value is -0.900. The van der Waals surface area contributed by atoms with E-state index in [0.717, 1.165) is 16.7 Å². The second-order valence-corrected chi connectivity index (χ2v) is 3.84. The first kappa shape index (κ1) is 11.2. The first-order valence-corrected chi connectivity index (χ1v) is 4.62. The van der Waals surface area contributed by atoms with Gasteiger partial charge in [0.2, 0.25) is 0 Å². The van der Waals surface area contributed by atoms with Gasteiger partial charge >= 0.3 is 0 Å². The quantitative estimate of drug-likeness (QED) is 0.663. The Balaban J connectivity index is 3.30. The maximum Gasteiger partial charge on any atom is 0.0685 e. The molecule has 1 rings (SSSR count). The Morgan fingerprint density at radius 3 is 2.50 bits per heavy atom. The third-order valence-electron chi connectivity index (χ3n) is 2.43. The first-order chi connectivity index (χ1) is 6.53. The molecule has 0 saturated carbocycles. The van der Waals surface area contributed by atoms with Gasteiger partial charge in [-0.15, -0.1) is 0 Å². The van der Waals surface area contributed by atoms with Crippen molar-refractivity contribution in [1.82, 2.24) is 0 Å². The molecule has 1 unspecified atom stereocenters. The number of nitrogens with two attached hydrogens (primary N) is 1. The highest BCUT2D eigenvalue weighted by Crippen LogP contribution is 2.25. The predicted molar refractivity (Wildman–Crippen MR) is 55.7 cm³/mol. The number of hydrogen-bond acceptors (Lipinski definition) is 3. The Bertz CT molecular complexity index is 321. The monoisotopic (exact) mass is 195 g/mol. The Morgan fingerprint density at radius 1 is 1.36 bits per heavy atom. The van der Waals surface area contributed by atoms with Crippen molar-refractivity contribution in [3.8, 4) is 0 Å². The van der Waals surface area contributed by atoms with Crippen molar-refractivity contribution in [2.75, 3.05) is 6.61 Å². The van der Waals surface area contributed by atoms with Crippen LogP contribution in [0.1, 0.15) is 23.6 Å². The second-order valence-electron chi connectivity index (χ2n) is 3.84. The summed E-state index contributed by atoms with van der Waals surface area (Å²) >= 11 is 0. The van der Waals surface area contributed by atoms with Crippen LogP contribution in [0.2, 0.25) is 0 Å². The third-order valence-corrected chi connectivity index (χ3v) is 2.43. The van der Waals surface area contributed by atoms with Gasteiger partial charge < -0.3 is 15.9 Å². The summed E-state index contributed by atoms with van der Waals surface area (Å²) in [4.78, 5) is 0. The Morgan fingerprint density at radius 2 is 2.00 bits per heavy atom. The summed E-state index contributed by atoms with van der Waals surface area (Å²) in [5.74, 6) is 0. The van der Waals surface area contributed by atoms with Crippen molar-refractivity contribution in [3.05, 3.63) is 34.9 Å². The summed E-state index contributed by atoms with van der Waals surface area (Å²) in [7, 11) is 0. The lowest BCUT2D eigenvalue weighted by Crippen LogP contribution is -2.38. The standard InChI is InChI=1S/C11H17NO2/c1-8-4-3-5-9(6-13)10(8)11(2,12)7-14/h3-5,13-14H,6-7,12H2,1-2H3. The molecule has 0 bridgehead atoms. The minimum absolute atomic E-state index is 0.0518. The van der Waals surface area contributed by atoms with E-state index in [-0.39, 0.29) is 13.2 Å². The lowest BCUT2D eigenvalue weighted by atomic mass is 9.86. The van der Waals surface area contributed by atoms with Gasteiger partial charge in [0, 0.05) is 0 Å². The van der Waals surface area contributed by atoms with Gasteiger partial charge in [0.15, 0.2) is 0 Å². The van der Waals surface area contributed by atoms with Crippen LogP contribution < -0.4 is 5.73 Å². The van der Waals surface area contributed by atoms with E-state index < -0.39 is 5.54 Å². The molecule has 0 aliphatic heterocycles. The Labute approximate surface area is 84.2 Å². The fraction of sp³-hybridized carbons (Fsp3) is 0.455. The van der Waals surface area contributed by atoms with Gasteiger partial charge in [-0.3, -0.25) is 0 Å². The summed E-state index contributed by atoms with van der Waals surface area (Å²) in [6, 6.07) is 5.62. The molecule has 0 heterocycles. The zero-order valence-corrected chi connectivity index (χ0v) is 8.62. The number of aliphatic hydroxyl groups is 2. The van der Waals surface area contributed by atoms with Gasteiger partial charge in [-0.25, -0.2) is 0 Å². The van der Waals surface area contributed by atoms with Gasteiger partial charge in [-0.2, -0.15) is 0 Å². The van der Waals surface area contributed by atoms with Gasteiger partial charge in [0.05, 0.1) is 18.8 Å². The first-order valence-electron chi connectivity index (χ1n) is 4.62. The maximum absolute atomic E-state index is 9.19. The highest BCUT2D eigenvalue weighted by atomic mass is 16.3. The molecule has 14 heavy (non-hydrogen) atoms. The van der Waals surface area contributed by atoms with Crippen LogP contribution in [0.25, 0.3) is 0 Å². The molecule has 0 amide bonds. The summed E-state index contributed by atoms with van der Waals surface area (Å²) in [5, 5.41) is 18.3. The van der Waals surface area contributed by atoms with Crippen LogP contribution in [0.4, 0.5) is 0 Å². The fourth-order valence-electron chi connectivity index (χ4n) is 1.76. The molecule has 0 aliphatic rings. The number of aryl methyl sites for hydroxylation is 1. The largest absolute Gasteiger partial charge is 0.394 e. The van der Waals surface area contributed by atoms with Crippen LogP contribution in [0.3, 0.4) is 0 Å². The molecule has 4 N–H and O–H groups in total. The zero-order chi connectivity index (χ0) is 10.8. The van der Waals surface area contributed by atoms with Crippen LogP contribution in [-0.2, 0) is 12.1 Å². The lowest BCUT2D eigenvalue weighted by Gasteiger charge is -2.26. The van der Waals surface area contributed by atoms with Crippen LogP contribution in [0, 0.1) is 6.92 Å². The smallest absolute Gasteiger partial charge is 0.0685 e. The molecule has 1 aromatic rings. The van der Waals surface area contributed by atoms with Crippen molar-refractivity contribution >= 4 is 0 Å². The van der Waals surface area contributed by atoms with Gasteiger partial charge in [-0.1, -0.05) is 18.2 Å². The minimum Gasteiger partial charge on any atom is -0.394 e. The molecule has 0 spiro atoms. The van der Waals surface area contributed by atoms with Crippen molar-refractivity contribution in [2.24, 2.45) is 5.73 Å². The molecule has 1 atom stereocenters. The van der Waals surface area contributed by atoms with E-state index in [1.807, 2.05) is 25.1 Å². The van der Waals surface area contributed by atoms with Gasteiger partial charge in [0.1, 0.15) is 0 Å². The minimum atomic E-state index is -0.788. The molecule has 0 fully saturated rings. The van der Waals surface area contributed by atoms with Crippen LogP contribution in [0.5, 0.6) is 0 Å². The average molecular weight is 195 g/mol. The van der Waals surface area contributed by atoms with E-state index in [4.69, 9.17) is 10.8 Å². The van der Waals surface area contributed by atoms with Crippen molar-refractivity contribution in [2.45, 2.75) is 26.0 Å². The third kappa shape index (κ3) is 1.95. The zero-order valence-electron chi connectivity index (χ0n) is 8.62. The molecule has 1 aromatic carbocycles. The van der Waals surface area contributed by atoms with E-state index in [1.54, 1.807) is 6.92 Å². The molecule has 0 saturated heterocycles. The van der Waals surface area contributed by atoms with E-state index >= 15 is 0 Å². The highest BCUT2D eigenvalue weighted by molar-refractivity contribution is 5.39. The summed E-state index contributed by atoms with van der Waals surface area (Å²) in [6.45, 7) is 3.50. The number of hydrogen-bond donors (Lipinski definition) is 3. The van der Waals surface area contributed by atoms with E-state index in [2.05, 4.69) is 0 Å². The molecular formula is C11H17NO2. The van der Waals surface area contributed by atoms with Gasteiger partial charge in [-0.05, 0) is 30.5 Å². The number of aliphatic hydroxyl groups excluding tert-OH is 2. The van der Waals surface area contributed by atoms with Crippen LogP contribution >= 0.6 is 0 Å². The van der Waals surface area contributed by atoms with E-state index in [0.29, 0.717) is 0 Å². The second kappa shape index (κ2) is 4.09. The number of benzene rings is 1. The molecular weight excluding hydrogens is 178 g/mol. The normalized spacial score (nSPS) is 15.2.